The Kier molecular flexibility index (Phi) is 3.89. The summed E-state index contributed by atoms with van der Waals surface area (Å²) < 4.78 is 14.3. The summed E-state index contributed by atoms with van der Waals surface area (Å²) in [4.78, 5) is 25.0. The normalized spacial score (nSPS) is 19.4. The molecule has 1 saturated heterocycles. The van der Waals surface area contributed by atoms with E-state index in [4.69, 9.17) is 0 Å². The number of carbonyl (C=O) groups is 2. The second-order valence-corrected chi connectivity index (χ2v) is 5.64. The summed E-state index contributed by atoms with van der Waals surface area (Å²) in [6, 6.07) is 3.65. The predicted octanol–water partition coefficient (Wildman–Crippen LogP) is 2.54. The van der Waals surface area contributed by atoms with Crippen molar-refractivity contribution in [2.75, 3.05) is 5.32 Å². The van der Waals surface area contributed by atoms with Crippen molar-refractivity contribution >= 4 is 33.4 Å². The standard InChI is InChI=1S/C13H14BrFN2O2/c1-7(2)17-12(18)6-11(13(17)19)16-10-4-3-8(14)5-9(10)15/h3-5,7,11,16H,6H2,1-2H3. The highest BCUT2D eigenvalue weighted by Crippen LogP contribution is 2.24. The Labute approximate surface area is 119 Å². The van der Waals surface area contributed by atoms with Crippen LogP contribution in [0.1, 0.15) is 20.3 Å². The first-order valence-electron chi connectivity index (χ1n) is 5.97. The van der Waals surface area contributed by atoms with Crippen LogP contribution in [0, 0.1) is 5.82 Å². The number of nitrogens with zero attached hydrogens (tertiary/aromatic N) is 1. The van der Waals surface area contributed by atoms with Gasteiger partial charge in [0.15, 0.2) is 0 Å². The van der Waals surface area contributed by atoms with Crippen molar-refractivity contribution in [3.05, 3.63) is 28.5 Å². The molecule has 102 valence electrons. The van der Waals surface area contributed by atoms with Gasteiger partial charge in [-0.25, -0.2) is 4.39 Å². The first-order chi connectivity index (χ1) is 8.90. The first kappa shape index (κ1) is 14.0. The zero-order valence-corrected chi connectivity index (χ0v) is 12.2. The third kappa shape index (κ3) is 2.78. The molecule has 1 heterocycles. The molecule has 0 saturated carbocycles. The largest absolute Gasteiger partial charge is 0.371 e. The summed E-state index contributed by atoms with van der Waals surface area (Å²) in [5.41, 5.74) is 0.222. The Morgan fingerprint density at radius 2 is 2.11 bits per heavy atom. The van der Waals surface area contributed by atoms with E-state index in [0.29, 0.717) is 4.47 Å². The lowest BCUT2D eigenvalue weighted by Crippen LogP contribution is -2.39. The molecule has 0 aliphatic carbocycles. The van der Waals surface area contributed by atoms with E-state index in [9.17, 15) is 14.0 Å². The number of anilines is 1. The van der Waals surface area contributed by atoms with E-state index in [1.165, 1.54) is 17.0 Å². The molecule has 1 aliphatic heterocycles. The SMILES string of the molecule is CC(C)N1C(=O)CC(Nc2ccc(Br)cc2F)C1=O. The van der Waals surface area contributed by atoms with Gasteiger partial charge in [0.05, 0.1) is 12.1 Å². The molecule has 4 nitrogen and oxygen atoms in total. The number of hydrogen-bond donors (Lipinski definition) is 1. The second kappa shape index (κ2) is 5.28. The van der Waals surface area contributed by atoms with Crippen molar-refractivity contribution in [3.8, 4) is 0 Å². The number of amides is 2. The molecule has 1 N–H and O–H groups in total. The second-order valence-electron chi connectivity index (χ2n) is 4.72. The molecular formula is C13H14BrFN2O2. The van der Waals surface area contributed by atoms with E-state index in [1.807, 2.05) is 0 Å². The van der Waals surface area contributed by atoms with Crippen LogP contribution in [0.5, 0.6) is 0 Å². The van der Waals surface area contributed by atoms with Gasteiger partial charge in [-0.2, -0.15) is 0 Å². The number of hydrogen-bond acceptors (Lipinski definition) is 3. The number of imide groups is 1. The maximum absolute atomic E-state index is 13.7. The lowest BCUT2D eigenvalue weighted by molar-refractivity contribution is -0.140. The molecule has 2 amide bonds. The minimum absolute atomic E-state index is 0.0620. The van der Waals surface area contributed by atoms with Gasteiger partial charge < -0.3 is 5.32 Å². The molecule has 6 heteroatoms. The van der Waals surface area contributed by atoms with E-state index in [1.54, 1.807) is 19.9 Å². The van der Waals surface area contributed by atoms with E-state index in [2.05, 4.69) is 21.2 Å². The van der Waals surface area contributed by atoms with E-state index in [0.717, 1.165) is 0 Å². The Balaban J connectivity index is 2.16. The molecular weight excluding hydrogens is 315 g/mol. The molecule has 1 aliphatic rings. The zero-order chi connectivity index (χ0) is 14.2. The number of likely N-dealkylation sites (tertiary alicyclic amines) is 1. The van der Waals surface area contributed by atoms with Crippen molar-refractivity contribution in [3.63, 3.8) is 0 Å². The zero-order valence-electron chi connectivity index (χ0n) is 10.6. The fourth-order valence-electron chi connectivity index (χ4n) is 2.10. The van der Waals surface area contributed by atoms with E-state index < -0.39 is 11.9 Å². The summed E-state index contributed by atoms with van der Waals surface area (Å²) in [5.74, 6) is -0.991. The minimum Gasteiger partial charge on any atom is -0.371 e. The Bertz CT molecular complexity index is 533. The van der Waals surface area contributed by atoms with Crippen LogP contribution >= 0.6 is 15.9 Å². The minimum atomic E-state index is -0.689. The van der Waals surface area contributed by atoms with Gasteiger partial charge in [-0.1, -0.05) is 15.9 Å². The van der Waals surface area contributed by atoms with Gasteiger partial charge in [0, 0.05) is 10.5 Å². The molecule has 1 aromatic rings. The van der Waals surface area contributed by atoms with Crippen LogP contribution in [0.15, 0.2) is 22.7 Å². The average molecular weight is 329 g/mol. The quantitative estimate of drug-likeness (QED) is 0.867. The number of halogens is 2. The summed E-state index contributed by atoms with van der Waals surface area (Å²) >= 11 is 3.16. The van der Waals surface area contributed by atoms with Crippen LogP contribution in [0.3, 0.4) is 0 Å². The number of benzene rings is 1. The van der Waals surface area contributed by atoms with Gasteiger partial charge in [0.1, 0.15) is 11.9 Å². The number of carbonyl (C=O) groups excluding carboxylic acids is 2. The molecule has 19 heavy (non-hydrogen) atoms. The highest BCUT2D eigenvalue weighted by molar-refractivity contribution is 9.10. The summed E-state index contributed by atoms with van der Waals surface area (Å²) in [6.45, 7) is 3.55. The molecule has 1 aromatic carbocycles. The third-order valence-corrected chi connectivity index (χ3v) is 3.45. The van der Waals surface area contributed by atoms with Gasteiger partial charge in [-0.3, -0.25) is 14.5 Å². The van der Waals surface area contributed by atoms with E-state index >= 15 is 0 Å². The van der Waals surface area contributed by atoms with Crippen LogP contribution in [0.2, 0.25) is 0 Å². The maximum atomic E-state index is 13.7. The topological polar surface area (TPSA) is 49.4 Å². The Morgan fingerprint density at radius 1 is 1.42 bits per heavy atom. The number of rotatable bonds is 3. The molecule has 1 atom stereocenters. The van der Waals surface area contributed by atoms with Crippen LogP contribution in [-0.4, -0.2) is 28.8 Å². The van der Waals surface area contributed by atoms with Crippen LogP contribution < -0.4 is 5.32 Å². The predicted molar refractivity (Wildman–Crippen MR) is 73.1 cm³/mol. The van der Waals surface area contributed by atoms with Crippen molar-refractivity contribution < 1.29 is 14.0 Å². The fourth-order valence-corrected chi connectivity index (χ4v) is 2.43. The van der Waals surface area contributed by atoms with Crippen molar-refractivity contribution in [1.29, 1.82) is 0 Å². The first-order valence-corrected chi connectivity index (χ1v) is 6.77. The molecule has 0 spiro atoms. The van der Waals surface area contributed by atoms with Crippen LogP contribution in [-0.2, 0) is 9.59 Å². The Morgan fingerprint density at radius 3 is 2.63 bits per heavy atom. The molecule has 1 unspecified atom stereocenters. The van der Waals surface area contributed by atoms with Gasteiger partial charge in [-0.05, 0) is 32.0 Å². The van der Waals surface area contributed by atoms with Crippen LogP contribution in [0.25, 0.3) is 0 Å². The third-order valence-electron chi connectivity index (χ3n) is 2.96. The molecule has 2 rings (SSSR count). The monoisotopic (exact) mass is 328 g/mol. The smallest absolute Gasteiger partial charge is 0.252 e. The van der Waals surface area contributed by atoms with Gasteiger partial charge in [0.25, 0.3) is 5.91 Å². The molecule has 1 fully saturated rings. The summed E-state index contributed by atoms with van der Waals surface area (Å²) in [5, 5.41) is 2.79. The molecule has 0 bridgehead atoms. The lowest BCUT2D eigenvalue weighted by Gasteiger charge is -2.19. The van der Waals surface area contributed by atoms with E-state index in [-0.39, 0.29) is 30.0 Å². The number of nitrogens with one attached hydrogen (secondary N) is 1. The Hall–Kier alpha value is -1.43. The van der Waals surface area contributed by atoms with Crippen molar-refractivity contribution in [1.82, 2.24) is 4.90 Å². The van der Waals surface area contributed by atoms with Gasteiger partial charge >= 0.3 is 0 Å². The summed E-state index contributed by atoms with van der Waals surface area (Å²) in [6.07, 6.45) is 0.0620. The molecule has 0 aromatic heterocycles. The van der Waals surface area contributed by atoms with Crippen molar-refractivity contribution in [2.24, 2.45) is 0 Å². The summed E-state index contributed by atoms with van der Waals surface area (Å²) in [7, 11) is 0. The van der Waals surface area contributed by atoms with Crippen LogP contribution in [0.4, 0.5) is 10.1 Å². The van der Waals surface area contributed by atoms with Crippen molar-refractivity contribution in [2.45, 2.75) is 32.4 Å². The highest BCUT2D eigenvalue weighted by atomic mass is 79.9. The lowest BCUT2D eigenvalue weighted by atomic mass is 10.2. The van der Waals surface area contributed by atoms with Gasteiger partial charge in [-0.15, -0.1) is 0 Å². The molecule has 0 radical (unpaired) electrons. The fraction of sp³-hybridized carbons (Fsp3) is 0.385. The maximum Gasteiger partial charge on any atom is 0.252 e. The average Bonchev–Trinajstić information content (AvgIpc) is 2.58. The highest BCUT2D eigenvalue weighted by Gasteiger charge is 2.40. The van der Waals surface area contributed by atoms with Gasteiger partial charge in [0.2, 0.25) is 5.91 Å².